The summed E-state index contributed by atoms with van der Waals surface area (Å²) >= 11 is 5.80. The van der Waals surface area contributed by atoms with E-state index in [1.54, 1.807) is 17.0 Å². The Bertz CT molecular complexity index is 574. The molecule has 23 heavy (non-hydrogen) atoms. The highest BCUT2D eigenvalue weighted by molar-refractivity contribution is 6.30. The molecule has 7 heteroatoms. The first-order valence-electron chi connectivity index (χ1n) is 7.58. The van der Waals surface area contributed by atoms with Crippen LogP contribution in [0.2, 0.25) is 5.02 Å². The number of rotatable bonds is 6. The Morgan fingerprint density at radius 2 is 2.09 bits per heavy atom. The Labute approximate surface area is 140 Å². The Kier molecular flexibility index (Phi) is 6.40. The zero-order valence-corrected chi connectivity index (χ0v) is 13.5. The van der Waals surface area contributed by atoms with Gasteiger partial charge in [0, 0.05) is 31.0 Å². The lowest BCUT2D eigenvalue weighted by Crippen LogP contribution is -2.37. The predicted molar refractivity (Wildman–Crippen MR) is 87.5 cm³/mol. The van der Waals surface area contributed by atoms with Crippen molar-refractivity contribution in [2.45, 2.75) is 38.3 Å². The van der Waals surface area contributed by atoms with Crippen molar-refractivity contribution in [3.8, 4) is 0 Å². The van der Waals surface area contributed by atoms with E-state index in [2.05, 4.69) is 10.5 Å². The minimum absolute atomic E-state index is 0.0888. The van der Waals surface area contributed by atoms with Crippen LogP contribution in [0.5, 0.6) is 0 Å². The number of nitrogens with one attached hydrogen (secondary N) is 1. The number of nitrogens with zero attached hydrogens (tertiary/aromatic N) is 2. The topological polar surface area (TPSA) is 82.0 Å². The van der Waals surface area contributed by atoms with Crippen molar-refractivity contribution in [1.29, 1.82) is 0 Å². The summed E-state index contributed by atoms with van der Waals surface area (Å²) in [5, 5.41) is 15.0. The third kappa shape index (κ3) is 5.25. The highest BCUT2D eigenvalue weighted by atomic mass is 35.5. The largest absolute Gasteiger partial charge is 0.411 e. The van der Waals surface area contributed by atoms with Gasteiger partial charge in [-0.3, -0.25) is 9.59 Å². The standard InChI is InChI=1S/C16H20ClN3O3/c17-13-5-3-12(4-6-13)10-18-15(21)7-8-16(22)20-9-1-2-14(20)11-19-23/h3-6,11,14,23H,1-2,7-10H2,(H,18,21)/b19-11+/t14-/m0/s1. The summed E-state index contributed by atoms with van der Waals surface area (Å²) < 4.78 is 0. The SMILES string of the molecule is O=C(CCC(=O)N1CCC[C@H]1/C=N/O)NCc1ccc(Cl)cc1. The summed E-state index contributed by atoms with van der Waals surface area (Å²) in [5.41, 5.74) is 0.952. The summed E-state index contributed by atoms with van der Waals surface area (Å²) in [5.74, 6) is -0.256. The zero-order valence-electron chi connectivity index (χ0n) is 12.7. The van der Waals surface area contributed by atoms with E-state index < -0.39 is 0 Å². The second kappa shape index (κ2) is 8.53. The summed E-state index contributed by atoms with van der Waals surface area (Å²) in [6, 6.07) is 7.06. The molecule has 1 fully saturated rings. The molecule has 0 saturated carbocycles. The van der Waals surface area contributed by atoms with Crippen molar-refractivity contribution in [3.63, 3.8) is 0 Å². The third-order valence-corrected chi connectivity index (χ3v) is 4.08. The van der Waals surface area contributed by atoms with Gasteiger partial charge in [-0.15, -0.1) is 0 Å². The fourth-order valence-corrected chi connectivity index (χ4v) is 2.72. The van der Waals surface area contributed by atoms with Crippen LogP contribution in [-0.2, 0) is 16.1 Å². The lowest BCUT2D eigenvalue weighted by molar-refractivity contribution is -0.133. The van der Waals surface area contributed by atoms with Crippen molar-refractivity contribution in [3.05, 3.63) is 34.9 Å². The van der Waals surface area contributed by atoms with Gasteiger partial charge in [0.1, 0.15) is 0 Å². The molecule has 0 spiro atoms. The highest BCUT2D eigenvalue weighted by Crippen LogP contribution is 2.17. The van der Waals surface area contributed by atoms with Gasteiger partial charge in [-0.25, -0.2) is 0 Å². The normalized spacial score (nSPS) is 17.6. The van der Waals surface area contributed by atoms with Crippen LogP contribution < -0.4 is 5.32 Å². The number of amides is 2. The molecule has 1 aromatic rings. The van der Waals surface area contributed by atoms with Crippen molar-refractivity contribution in [2.75, 3.05) is 6.54 Å². The number of halogens is 1. The quantitative estimate of drug-likeness (QED) is 0.474. The number of carbonyl (C=O) groups is 2. The van der Waals surface area contributed by atoms with Crippen molar-refractivity contribution < 1.29 is 14.8 Å². The summed E-state index contributed by atoms with van der Waals surface area (Å²) in [6.07, 6.45) is 3.34. The van der Waals surface area contributed by atoms with Gasteiger partial charge in [0.05, 0.1) is 12.3 Å². The fourth-order valence-electron chi connectivity index (χ4n) is 2.59. The number of oxime groups is 1. The van der Waals surface area contributed by atoms with Crippen LogP contribution in [0.4, 0.5) is 0 Å². The first-order chi connectivity index (χ1) is 11.1. The van der Waals surface area contributed by atoms with Gasteiger partial charge in [0.15, 0.2) is 0 Å². The molecule has 0 unspecified atom stereocenters. The molecule has 1 aromatic carbocycles. The first-order valence-corrected chi connectivity index (χ1v) is 7.96. The minimum Gasteiger partial charge on any atom is -0.411 e. The molecule has 1 aliphatic heterocycles. The van der Waals surface area contributed by atoms with Crippen LogP contribution in [0, 0.1) is 0 Å². The first kappa shape index (κ1) is 17.3. The number of benzene rings is 1. The average Bonchev–Trinajstić information content (AvgIpc) is 3.01. The van der Waals surface area contributed by atoms with E-state index in [4.69, 9.17) is 16.8 Å². The van der Waals surface area contributed by atoms with Crippen LogP contribution >= 0.6 is 11.6 Å². The van der Waals surface area contributed by atoms with Gasteiger partial charge in [-0.2, -0.15) is 0 Å². The molecule has 1 heterocycles. The van der Waals surface area contributed by atoms with Gasteiger partial charge in [-0.05, 0) is 30.5 Å². The lowest BCUT2D eigenvalue weighted by Gasteiger charge is -2.21. The number of carbonyl (C=O) groups excluding carboxylic acids is 2. The zero-order chi connectivity index (χ0) is 16.7. The number of hydrogen-bond acceptors (Lipinski definition) is 4. The summed E-state index contributed by atoms with van der Waals surface area (Å²) in [4.78, 5) is 25.6. The molecule has 1 aliphatic rings. The van der Waals surface area contributed by atoms with Gasteiger partial charge < -0.3 is 15.4 Å². The molecular weight excluding hydrogens is 318 g/mol. The Hall–Kier alpha value is -2.08. The van der Waals surface area contributed by atoms with Gasteiger partial charge >= 0.3 is 0 Å². The van der Waals surface area contributed by atoms with Crippen LogP contribution in [0.1, 0.15) is 31.2 Å². The van der Waals surface area contributed by atoms with E-state index in [9.17, 15) is 9.59 Å². The Morgan fingerprint density at radius 1 is 1.35 bits per heavy atom. The smallest absolute Gasteiger partial charge is 0.223 e. The van der Waals surface area contributed by atoms with E-state index in [1.807, 2.05) is 12.1 Å². The third-order valence-electron chi connectivity index (χ3n) is 3.83. The van der Waals surface area contributed by atoms with Gasteiger partial charge in [-0.1, -0.05) is 28.9 Å². The second-order valence-corrected chi connectivity index (χ2v) is 5.90. The molecule has 1 saturated heterocycles. The predicted octanol–water partition coefficient (Wildman–Crippen LogP) is 2.19. The van der Waals surface area contributed by atoms with Crippen LogP contribution in [-0.4, -0.2) is 40.7 Å². The fraction of sp³-hybridized carbons (Fsp3) is 0.438. The molecule has 0 radical (unpaired) electrons. The molecule has 6 nitrogen and oxygen atoms in total. The Balaban J connectivity index is 1.73. The molecular formula is C16H20ClN3O3. The molecule has 2 rings (SSSR count). The van der Waals surface area contributed by atoms with E-state index in [0.29, 0.717) is 18.1 Å². The number of hydrogen-bond donors (Lipinski definition) is 2. The van der Waals surface area contributed by atoms with Crippen molar-refractivity contribution >= 4 is 29.6 Å². The van der Waals surface area contributed by atoms with Crippen molar-refractivity contribution in [2.24, 2.45) is 5.16 Å². The summed E-state index contributed by atoms with van der Waals surface area (Å²) in [6.45, 7) is 1.05. The molecule has 0 bridgehead atoms. The van der Waals surface area contributed by atoms with E-state index in [1.165, 1.54) is 6.21 Å². The molecule has 124 valence electrons. The number of likely N-dealkylation sites (tertiary alicyclic amines) is 1. The van der Waals surface area contributed by atoms with E-state index in [0.717, 1.165) is 18.4 Å². The highest BCUT2D eigenvalue weighted by Gasteiger charge is 2.27. The maximum atomic E-state index is 12.1. The van der Waals surface area contributed by atoms with Gasteiger partial charge in [0.25, 0.3) is 0 Å². The van der Waals surface area contributed by atoms with E-state index >= 15 is 0 Å². The maximum absolute atomic E-state index is 12.1. The second-order valence-electron chi connectivity index (χ2n) is 5.46. The summed E-state index contributed by atoms with van der Waals surface area (Å²) in [7, 11) is 0. The van der Waals surface area contributed by atoms with Crippen LogP contribution in [0.25, 0.3) is 0 Å². The molecule has 0 aliphatic carbocycles. The maximum Gasteiger partial charge on any atom is 0.223 e. The lowest BCUT2D eigenvalue weighted by atomic mass is 10.2. The van der Waals surface area contributed by atoms with Crippen LogP contribution in [0.3, 0.4) is 0 Å². The molecule has 1 atom stereocenters. The molecule has 2 N–H and O–H groups in total. The minimum atomic E-state index is -0.167. The molecule has 2 amide bonds. The Morgan fingerprint density at radius 3 is 2.78 bits per heavy atom. The monoisotopic (exact) mass is 337 g/mol. The van der Waals surface area contributed by atoms with Crippen molar-refractivity contribution in [1.82, 2.24) is 10.2 Å². The van der Waals surface area contributed by atoms with E-state index in [-0.39, 0.29) is 30.7 Å². The average molecular weight is 338 g/mol. The van der Waals surface area contributed by atoms with Crippen LogP contribution in [0.15, 0.2) is 29.4 Å². The van der Waals surface area contributed by atoms with Gasteiger partial charge in [0.2, 0.25) is 11.8 Å². The molecule has 0 aromatic heterocycles.